The van der Waals surface area contributed by atoms with Crippen molar-refractivity contribution in [3.63, 3.8) is 0 Å². The van der Waals surface area contributed by atoms with Crippen molar-refractivity contribution in [3.05, 3.63) is 0 Å². The van der Waals surface area contributed by atoms with Crippen LogP contribution < -0.4 is 10.6 Å². The molecule has 230 valence electrons. The summed E-state index contributed by atoms with van der Waals surface area (Å²) in [6.45, 7) is 2.72. The zero-order valence-corrected chi connectivity index (χ0v) is 21.7. The van der Waals surface area contributed by atoms with E-state index in [1.165, 1.54) is 6.92 Å². The monoisotopic (exact) mass is 584 g/mol. The standard InChI is InChI=1S/C22H36N2O16/c1-5-11(28)14(31)15(32)22(36-5)39-17-13(30)9(23-6(2)26)21(40-18(17)19(33)34)38-16-10(24-7(3)27)20(35)37-8(4-25)12(16)29/h5,8-18,20-22,25,28-32,35H,4H2,1-3H3,(H,23,26)(H,24,27)(H,33,34)/t5-,8+,9+,10+,11-,12+,13+,14+,15+,16+,17+,18-,20+,21-,22-/m0/s1. The number of aliphatic carboxylic acids is 1. The van der Waals surface area contributed by atoms with E-state index in [2.05, 4.69) is 10.6 Å². The summed E-state index contributed by atoms with van der Waals surface area (Å²) in [7, 11) is 0. The van der Waals surface area contributed by atoms with Gasteiger partial charge in [-0.05, 0) is 6.92 Å². The third kappa shape index (κ3) is 6.86. The average molecular weight is 585 g/mol. The van der Waals surface area contributed by atoms with Crippen LogP contribution in [0.1, 0.15) is 20.8 Å². The molecular weight excluding hydrogens is 548 g/mol. The summed E-state index contributed by atoms with van der Waals surface area (Å²) in [6.07, 6.45) is -22.2. The zero-order valence-electron chi connectivity index (χ0n) is 21.7. The molecule has 40 heavy (non-hydrogen) atoms. The van der Waals surface area contributed by atoms with E-state index in [-0.39, 0.29) is 0 Å². The first-order valence-electron chi connectivity index (χ1n) is 12.4. The number of aliphatic hydroxyl groups is 7. The van der Waals surface area contributed by atoms with Gasteiger partial charge in [0.15, 0.2) is 25.0 Å². The highest BCUT2D eigenvalue weighted by Crippen LogP contribution is 2.32. The number of amides is 2. The summed E-state index contributed by atoms with van der Waals surface area (Å²) in [6, 6.07) is -3.07. The van der Waals surface area contributed by atoms with Crippen molar-refractivity contribution < 1.29 is 78.9 Å². The normalized spacial score (nSPS) is 45.9. The molecule has 0 saturated carbocycles. The van der Waals surface area contributed by atoms with E-state index in [9.17, 15) is 55.2 Å². The minimum atomic E-state index is -2.06. The van der Waals surface area contributed by atoms with Crippen molar-refractivity contribution in [2.75, 3.05) is 6.61 Å². The van der Waals surface area contributed by atoms with Crippen molar-refractivity contribution in [2.45, 2.75) is 113 Å². The van der Waals surface area contributed by atoms with Gasteiger partial charge in [0.1, 0.15) is 60.9 Å². The molecule has 3 fully saturated rings. The highest BCUT2D eigenvalue weighted by atomic mass is 16.7. The number of carboxylic acids is 1. The lowest BCUT2D eigenvalue weighted by Crippen LogP contribution is -2.70. The number of carbonyl (C=O) groups is 3. The van der Waals surface area contributed by atoms with Crippen LogP contribution >= 0.6 is 0 Å². The fourth-order valence-corrected chi connectivity index (χ4v) is 4.78. The number of hydrogen-bond donors (Lipinski definition) is 10. The Hall–Kier alpha value is -2.07. The van der Waals surface area contributed by atoms with Crippen LogP contribution in [0.4, 0.5) is 0 Å². The van der Waals surface area contributed by atoms with E-state index in [1.807, 2.05) is 0 Å². The van der Waals surface area contributed by atoms with Gasteiger partial charge in [-0.15, -0.1) is 0 Å². The largest absolute Gasteiger partial charge is 0.479 e. The van der Waals surface area contributed by atoms with E-state index in [4.69, 9.17) is 23.7 Å². The number of ether oxygens (including phenoxy) is 5. The van der Waals surface area contributed by atoms with Gasteiger partial charge >= 0.3 is 5.97 Å². The molecule has 3 saturated heterocycles. The molecule has 18 heteroatoms. The first-order chi connectivity index (χ1) is 18.7. The third-order valence-corrected chi connectivity index (χ3v) is 6.82. The molecule has 0 spiro atoms. The molecule has 0 aromatic carbocycles. The van der Waals surface area contributed by atoms with Gasteiger partial charge in [-0.3, -0.25) is 9.59 Å². The fraction of sp³-hybridized carbons (Fsp3) is 0.864. The van der Waals surface area contributed by atoms with E-state index < -0.39 is 116 Å². The first kappa shape index (κ1) is 32.4. The van der Waals surface area contributed by atoms with Crippen LogP contribution in [0.15, 0.2) is 0 Å². The van der Waals surface area contributed by atoms with Crippen LogP contribution in [0.25, 0.3) is 0 Å². The van der Waals surface area contributed by atoms with Gasteiger partial charge in [0, 0.05) is 13.8 Å². The highest BCUT2D eigenvalue weighted by Gasteiger charge is 2.55. The second-order valence-electron chi connectivity index (χ2n) is 9.83. The van der Waals surface area contributed by atoms with Crippen LogP contribution in [0.5, 0.6) is 0 Å². The lowest BCUT2D eigenvalue weighted by molar-refractivity contribution is -0.352. The highest BCUT2D eigenvalue weighted by molar-refractivity contribution is 5.75. The van der Waals surface area contributed by atoms with Gasteiger partial charge < -0.3 is 75.2 Å². The van der Waals surface area contributed by atoms with Crippen molar-refractivity contribution in [1.29, 1.82) is 0 Å². The Morgan fingerprint density at radius 2 is 1.30 bits per heavy atom. The van der Waals surface area contributed by atoms with Crippen molar-refractivity contribution in [3.8, 4) is 0 Å². The van der Waals surface area contributed by atoms with Crippen molar-refractivity contribution in [1.82, 2.24) is 10.6 Å². The summed E-state index contributed by atoms with van der Waals surface area (Å²) in [4.78, 5) is 35.9. The van der Waals surface area contributed by atoms with Gasteiger partial charge in [0.2, 0.25) is 11.8 Å². The van der Waals surface area contributed by atoms with Crippen molar-refractivity contribution in [2.24, 2.45) is 0 Å². The number of aliphatic hydroxyl groups excluding tert-OH is 7. The predicted octanol–water partition coefficient (Wildman–Crippen LogP) is -6.17. The molecule has 0 aliphatic carbocycles. The van der Waals surface area contributed by atoms with Gasteiger partial charge in [-0.25, -0.2) is 4.79 Å². The topological polar surface area (TPSA) is 283 Å². The number of rotatable bonds is 8. The van der Waals surface area contributed by atoms with Crippen LogP contribution in [-0.4, -0.2) is 157 Å². The van der Waals surface area contributed by atoms with E-state index >= 15 is 0 Å². The minimum Gasteiger partial charge on any atom is -0.479 e. The molecule has 10 N–H and O–H groups in total. The summed E-state index contributed by atoms with van der Waals surface area (Å²) >= 11 is 0. The summed E-state index contributed by atoms with van der Waals surface area (Å²) in [5, 5.41) is 86.6. The Bertz CT molecular complexity index is 910. The molecule has 0 radical (unpaired) electrons. The van der Waals surface area contributed by atoms with Crippen LogP contribution in [0.3, 0.4) is 0 Å². The maximum atomic E-state index is 12.2. The van der Waals surface area contributed by atoms with Gasteiger partial charge in [0.25, 0.3) is 0 Å². The number of carboxylic acid groups (broad SMARTS) is 1. The molecule has 3 aliphatic rings. The Kier molecular flexibility index (Phi) is 10.8. The molecule has 3 aliphatic heterocycles. The molecular formula is C22H36N2O16. The van der Waals surface area contributed by atoms with Crippen LogP contribution in [-0.2, 0) is 38.1 Å². The third-order valence-electron chi connectivity index (χ3n) is 6.82. The number of hydrogen-bond acceptors (Lipinski definition) is 15. The smallest absolute Gasteiger partial charge is 0.335 e. The minimum absolute atomic E-state index is 0.677. The zero-order chi connectivity index (χ0) is 30.0. The Labute approximate surface area is 227 Å². The van der Waals surface area contributed by atoms with E-state index in [1.54, 1.807) is 0 Å². The molecule has 0 unspecified atom stereocenters. The lowest BCUT2D eigenvalue weighted by Gasteiger charge is -2.48. The van der Waals surface area contributed by atoms with Gasteiger partial charge in [0.05, 0.1) is 12.7 Å². The van der Waals surface area contributed by atoms with Crippen LogP contribution in [0, 0.1) is 0 Å². The average Bonchev–Trinajstić information content (AvgIpc) is 2.87. The summed E-state index contributed by atoms with van der Waals surface area (Å²) in [5.41, 5.74) is 0. The number of nitrogens with one attached hydrogen (secondary N) is 2. The molecule has 3 heterocycles. The summed E-state index contributed by atoms with van der Waals surface area (Å²) in [5.74, 6) is -3.12. The van der Waals surface area contributed by atoms with Gasteiger partial charge in [-0.1, -0.05) is 0 Å². The second kappa shape index (κ2) is 13.3. The fourth-order valence-electron chi connectivity index (χ4n) is 4.78. The molecule has 0 bridgehead atoms. The van der Waals surface area contributed by atoms with Crippen molar-refractivity contribution >= 4 is 17.8 Å². The predicted molar refractivity (Wildman–Crippen MR) is 124 cm³/mol. The second-order valence-corrected chi connectivity index (χ2v) is 9.83. The molecule has 18 nitrogen and oxygen atoms in total. The summed E-state index contributed by atoms with van der Waals surface area (Å²) < 4.78 is 27.2. The van der Waals surface area contributed by atoms with E-state index in [0.29, 0.717) is 0 Å². The number of carbonyl (C=O) groups excluding carboxylic acids is 2. The maximum absolute atomic E-state index is 12.2. The van der Waals surface area contributed by atoms with Gasteiger partial charge in [-0.2, -0.15) is 0 Å². The Morgan fingerprint density at radius 3 is 1.85 bits per heavy atom. The molecule has 0 aromatic rings. The molecule has 2 amide bonds. The Balaban J connectivity index is 1.92. The molecule has 3 rings (SSSR count). The molecule has 0 aromatic heterocycles. The Morgan fingerprint density at radius 1 is 0.725 bits per heavy atom. The first-order valence-corrected chi connectivity index (χ1v) is 12.4. The molecule has 15 atom stereocenters. The lowest BCUT2D eigenvalue weighted by atomic mass is 9.93. The quantitative estimate of drug-likeness (QED) is 0.127. The van der Waals surface area contributed by atoms with Crippen LogP contribution in [0.2, 0.25) is 0 Å². The maximum Gasteiger partial charge on any atom is 0.335 e. The van der Waals surface area contributed by atoms with E-state index in [0.717, 1.165) is 13.8 Å². The SMILES string of the molecule is CC(=O)N[C@@H]1[C@@H](O[C@H]2O[C@H](C(=O)O)[C@H](O[C@@H]3O[C@@H](C)[C@H](O)[C@@H](O)[C@H]3O)[C@H](O)[C@H]2NC(C)=O)[C@H](O)[C@@H](CO)O[C@H]1O.